The number of aromatic nitrogens is 2. The van der Waals surface area contributed by atoms with Crippen LogP contribution in [0.4, 0.5) is 0 Å². The Morgan fingerprint density at radius 1 is 1.03 bits per heavy atom. The topological polar surface area (TPSA) is 88.1 Å². The van der Waals surface area contributed by atoms with Gasteiger partial charge in [0.05, 0.1) is 37.9 Å². The molecule has 8 nitrogen and oxygen atoms in total. The predicted octanol–water partition coefficient (Wildman–Crippen LogP) is 6.79. The summed E-state index contributed by atoms with van der Waals surface area (Å²) in [6.45, 7) is 6.71. The van der Waals surface area contributed by atoms with Gasteiger partial charge < -0.3 is 18.6 Å². The summed E-state index contributed by atoms with van der Waals surface area (Å²) in [5, 5.41) is 6.33. The van der Waals surface area contributed by atoms with Gasteiger partial charge in [-0.3, -0.25) is 4.79 Å². The average molecular weight is 546 g/mol. The fourth-order valence-corrected chi connectivity index (χ4v) is 4.23. The van der Waals surface area contributed by atoms with Crippen LogP contribution in [0, 0.1) is 5.41 Å². The summed E-state index contributed by atoms with van der Waals surface area (Å²) < 4.78 is 24.5. The quantitative estimate of drug-likeness (QED) is 0.209. The molecule has 5 rings (SSSR count). The first-order valence-corrected chi connectivity index (χ1v) is 12.7. The third kappa shape index (κ3) is 5.47. The third-order valence-corrected chi connectivity index (χ3v) is 6.14. The second-order valence-electron chi connectivity index (χ2n) is 10.2. The summed E-state index contributed by atoms with van der Waals surface area (Å²) in [4.78, 5) is 18.3. The van der Waals surface area contributed by atoms with Gasteiger partial charge in [-0.2, -0.15) is 9.78 Å². The fourth-order valence-electron chi connectivity index (χ4n) is 4.04. The van der Waals surface area contributed by atoms with Gasteiger partial charge in [-0.05, 0) is 53.9 Å². The van der Waals surface area contributed by atoms with Crippen LogP contribution < -0.4 is 19.8 Å². The number of hydrogen-bond donors (Lipinski definition) is 0. The number of ether oxygens (including phenoxy) is 3. The maximum atomic E-state index is 13.6. The molecule has 0 unspecified atom stereocenters. The van der Waals surface area contributed by atoms with Crippen LogP contribution in [0.3, 0.4) is 0 Å². The zero-order valence-electron chi connectivity index (χ0n) is 22.3. The summed E-state index contributed by atoms with van der Waals surface area (Å²) in [5.74, 6) is 2.11. The van der Waals surface area contributed by atoms with Gasteiger partial charge in [0.25, 0.3) is 5.56 Å². The van der Waals surface area contributed by atoms with Gasteiger partial charge in [-0.15, -0.1) is 0 Å². The molecule has 9 heteroatoms. The van der Waals surface area contributed by atoms with E-state index in [0.717, 1.165) is 5.39 Å². The maximum absolute atomic E-state index is 13.6. The third-order valence-electron chi connectivity index (χ3n) is 5.91. The molecule has 2 heterocycles. The number of hydrogen-bond acceptors (Lipinski definition) is 7. The van der Waals surface area contributed by atoms with E-state index in [4.69, 9.17) is 35.2 Å². The van der Waals surface area contributed by atoms with E-state index < -0.39 is 0 Å². The molecule has 0 amide bonds. The number of halogens is 1. The maximum Gasteiger partial charge on any atom is 0.282 e. The van der Waals surface area contributed by atoms with Crippen LogP contribution in [0.25, 0.3) is 33.5 Å². The van der Waals surface area contributed by atoms with E-state index in [1.165, 1.54) is 4.68 Å². The van der Waals surface area contributed by atoms with Crippen molar-refractivity contribution >= 4 is 39.7 Å². The van der Waals surface area contributed by atoms with Crippen LogP contribution in [0.15, 0.2) is 75.0 Å². The predicted molar refractivity (Wildman–Crippen MR) is 154 cm³/mol. The van der Waals surface area contributed by atoms with Crippen LogP contribution in [-0.4, -0.2) is 36.7 Å². The molecule has 0 N–H and O–H groups in total. The van der Waals surface area contributed by atoms with Gasteiger partial charge in [-0.1, -0.05) is 44.5 Å². The second-order valence-corrected chi connectivity index (χ2v) is 10.6. The van der Waals surface area contributed by atoms with E-state index in [2.05, 4.69) is 25.9 Å². The number of methoxy groups -OCH3 is 2. The molecule has 2 aromatic heterocycles. The molecule has 39 heavy (non-hydrogen) atoms. The standard InChI is InChI=1S/C30H28ClN3O5/c1-30(2,3)17-38-27-24(36-4)12-18(13-25(27)37-5)16-32-34-28(33-22-9-7-6-8-21(22)29(34)35)26-15-19-14-20(31)10-11-23(19)39-26/h6-16H,17H2,1-5H3. The van der Waals surface area contributed by atoms with Crippen LogP contribution in [0.2, 0.25) is 5.02 Å². The first-order valence-electron chi connectivity index (χ1n) is 12.3. The molecule has 0 fully saturated rings. The van der Waals surface area contributed by atoms with Crippen molar-refractivity contribution in [2.45, 2.75) is 20.8 Å². The lowest BCUT2D eigenvalue weighted by Crippen LogP contribution is -2.20. The molecule has 200 valence electrons. The Kier molecular flexibility index (Phi) is 7.06. The monoisotopic (exact) mass is 545 g/mol. The minimum absolute atomic E-state index is 0.0568. The number of benzene rings is 3. The van der Waals surface area contributed by atoms with Crippen LogP contribution >= 0.6 is 11.6 Å². The molecule has 0 aliphatic carbocycles. The minimum atomic E-state index is -0.339. The number of para-hydroxylation sites is 1. The number of furan rings is 1. The minimum Gasteiger partial charge on any atom is -0.493 e. The Bertz CT molecular complexity index is 1740. The van der Waals surface area contributed by atoms with Crippen molar-refractivity contribution < 1.29 is 18.6 Å². The van der Waals surface area contributed by atoms with Gasteiger partial charge in [0.15, 0.2) is 17.3 Å². The lowest BCUT2D eigenvalue weighted by Gasteiger charge is -2.21. The van der Waals surface area contributed by atoms with Gasteiger partial charge in [-0.25, -0.2) is 4.98 Å². The highest BCUT2D eigenvalue weighted by Gasteiger charge is 2.19. The summed E-state index contributed by atoms with van der Waals surface area (Å²) in [6.07, 6.45) is 1.54. The lowest BCUT2D eigenvalue weighted by molar-refractivity contribution is 0.184. The summed E-state index contributed by atoms with van der Waals surface area (Å²) in [7, 11) is 3.12. The van der Waals surface area contributed by atoms with Crippen molar-refractivity contribution in [1.82, 2.24) is 9.66 Å². The molecule has 3 aromatic carbocycles. The molecule has 0 aliphatic rings. The second kappa shape index (κ2) is 10.5. The molecule has 0 radical (unpaired) electrons. The van der Waals surface area contributed by atoms with Crippen molar-refractivity contribution in [3.63, 3.8) is 0 Å². The van der Waals surface area contributed by atoms with E-state index in [0.29, 0.717) is 56.7 Å². The Morgan fingerprint density at radius 2 is 1.74 bits per heavy atom. The van der Waals surface area contributed by atoms with E-state index in [1.807, 2.05) is 6.07 Å². The van der Waals surface area contributed by atoms with Crippen molar-refractivity contribution in [3.05, 3.63) is 81.6 Å². The van der Waals surface area contributed by atoms with Crippen molar-refractivity contribution in [2.75, 3.05) is 20.8 Å². The number of fused-ring (bicyclic) bond motifs is 2. The molecule has 0 atom stereocenters. The van der Waals surface area contributed by atoms with Gasteiger partial charge in [0.1, 0.15) is 5.58 Å². The number of nitrogens with zero attached hydrogens (tertiary/aromatic N) is 3. The Hall–Kier alpha value is -4.30. The van der Waals surface area contributed by atoms with Gasteiger partial charge >= 0.3 is 0 Å². The summed E-state index contributed by atoms with van der Waals surface area (Å²) >= 11 is 6.16. The van der Waals surface area contributed by atoms with E-state index in [-0.39, 0.29) is 16.8 Å². The van der Waals surface area contributed by atoms with Crippen molar-refractivity contribution in [2.24, 2.45) is 10.5 Å². The zero-order chi connectivity index (χ0) is 27.7. The van der Waals surface area contributed by atoms with Crippen LogP contribution in [-0.2, 0) is 0 Å². The summed E-state index contributed by atoms with van der Waals surface area (Å²) in [5.41, 5.74) is 1.39. The van der Waals surface area contributed by atoms with Gasteiger partial charge in [0.2, 0.25) is 11.6 Å². The Labute approximate surface area is 230 Å². The first-order chi connectivity index (χ1) is 18.7. The van der Waals surface area contributed by atoms with E-state index in [9.17, 15) is 4.79 Å². The van der Waals surface area contributed by atoms with Crippen molar-refractivity contribution in [3.8, 4) is 28.8 Å². The van der Waals surface area contributed by atoms with Crippen molar-refractivity contribution in [1.29, 1.82) is 0 Å². The van der Waals surface area contributed by atoms with Crippen LogP contribution in [0.5, 0.6) is 17.2 Å². The molecule has 0 spiro atoms. The highest BCUT2D eigenvalue weighted by atomic mass is 35.5. The SMILES string of the molecule is COc1cc(C=Nn2c(-c3cc4cc(Cl)ccc4o3)nc3ccccc3c2=O)cc(OC)c1OCC(C)(C)C. The largest absolute Gasteiger partial charge is 0.493 e. The zero-order valence-corrected chi connectivity index (χ0v) is 23.1. The fraction of sp³-hybridized carbons (Fsp3) is 0.233. The Morgan fingerprint density at radius 3 is 2.44 bits per heavy atom. The first kappa shape index (κ1) is 26.3. The smallest absolute Gasteiger partial charge is 0.282 e. The number of rotatable bonds is 7. The molecular formula is C30H28ClN3O5. The molecule has 5 aromatic rings. The van der Waals surface area contributed by atoms with Crippen LogP contribution in [0.1, 0.15) is 26.3 Å². The van der Waals surface area contributed by atoms with E-state index in [1.54, 1.807) is 75.0 Å². The van der Waals surface area contributed by atoms with E-state index >= 15 is 0 Å². The molecule has 0 aliphatic heterocycles. The highest BCUT2D eigenvalue weighted by Crippen LogP contribution is 2.39. The highest BCUT2D eigenvalue weighted by molar-refractivity contribution is 6.31. The molecular weight excluding hydrogens is 518 g/mol. The molecule has 0 saturated carbocycles. The normalized spacial score (nSPS) is 11.9. The summed E-state index contributed by atoms with van der Waals surface area (Å²) in [6, 6.07) is 17.7. The average Bonchev–Trinajstić information content (AvgIpc) is 3.33. The molecule has 0 saturated heterocycles. The van der Waals surface area contributed by atoms with Gasteiger partial charge in [0, 0.05) is 16.0 Å². The Balaban J connectivity index is 1.63. The molecule has 0 bridgehead atoms. The lowest BCUT2D eigenvalue weighted by atomic mass is 9.99.